The van der Waals surface area contributed by atoms with E-state index < -0.39 is 0 Å². The molecule has 2 aromatic rings. The van der Waals surface area contributed by atoms with E-state index in [4.69, 9.17) is 11.6 Å². The van der Waals surface area contributed by atoms with Crippen molar-refractivity contribution in [1.82, 2.24) is 9.78 Å². The SMILES string of the molecule is Cn1nc(-c2ccccc2)cc1C(=O)CCl. The Morgan fingerprint density at radius 3 is 2.69 bits per heavy atom. The average Bonchev–Trinajstić information content (AvgIpc) is 2.71. The van der Waals surface area contributed by atoms with Gasteiger partial charge in [-0.3, -0.25) is 9.48 Å². The Morgan fingerprint density at radius 1 is 1.38 bits per heavy atom. The number of rotatable bonds is 3. The molecule has 4 heteroatoms. The van der Waals surface area contributed by atoms with Crippen molar-refractivity contribution in [3.8, 4) is 11.3 Å². The molecule has 0 aliphatic heterocycles. The molecule has 1 heterocycles. The summed E-state index contributed by atoms with van der Waals surface area (Å²) in [6.45, 7) is 0. The van der Waals surface area contributed by atoms with Crippen LogP contribution in [0.4, 0.5) is 0 Å². The Balaban J connectivity index is 2.42. The van der Waals surface area contributed by atoms with E-state index in [-0.39, 0.29) is 11.7 Å². The number of carbonyl (C=O) groups is 1. The Hall–Kier alpha value is -1.61. The van der Waals surface area contributed by atoms with Crippen LogP contribution in [0.25, 0.3) is 11.3 Å². The molecule has 2 rings (SSSR count). The van der Waals surface area contributed by atoms with Crippen LogP contribution in [0.15, 0.2) is 36.4 Å². The average molecular weight is 235 g/mol. The molecule has 0 saturated carbocycles. The van der Waals surface area contributed by atoms with E-state index in [1.165, 1.54) is 0 Å². The molecule has 0 radical (unpaired) electrons. The van der Waals surface area contributed by atoms with Crippen molar-refractivity contribution >= 4 is 17.4 Å². The van der Waals surface area contributed by atoms with Gasteiger partial charge in [0.05, 0.1) is 11.6 Å². The van der Waals surface area contributed by atoms with Gasteiger partial charge in [-0.2, -0.15) is 5.10 Å². The summed E-state index contributed by atoms with van der Waals surface area (Å²) in [5, 5.41) is 4.29. The number of halogens is 1. The third-order valence-corrected chi connectivity index (χ3v) is 2.60. The van der Waals surface area contributed by atoms with Crippen molar-refractivity contribution in [3.63, 3.8) is 0 Å². The van der Waals surface area contributed by atoms with Crippen LogP contribution in [0.3, 0.4) is 0 Å². The molecular weight excluding hydrogens is 224 g/mol. The van der Waals surface area contributed by atoms with Gasteiger partial charge in [0.1, 0.15) is 5.69 Å². The number of aryl methyl sites for hydroxylation is 1. The number of carbonyl (C=O) groups excluding carboxylic acids is 1. The van der Waals surface area contributed by atoms with E-state index in [0.29, 0.717) is 5.69 Å². The second-order valence-corrected chi connectivity index (χ2v) is 3.73. The number of nitrogens with zero attached hydrogens (tertiary/aromatic N) is 2. The number of hydrogen-bond acceptors (Lipinski definition) is 2. The van der Waals surface area contributed by atoms with E-state index in [0.717, 1.165) is 11.3 Å². The second kappa shape index (κ2) is 4.49. The second-order valence-electron chi connectivity index (χ2n) is 3.46. The number of ketones is 1. The summed E-state index contributed by atoms with van der Waals surface area (Å²) >= 11 is 5.52. The molecule has 3 nitrogen and oxygen atoms in total. The quantitative estimate of drug-likeness (QED) is 0.604. The lowest BCUT2D eigenvalue weighted by Gasteiger charge is -1.95. The molecule has 82 valence electrons. The van der Waals surface area contributed by atoms with Crippen LogP contribution in [0.5, 0.6) is 0 Å². The molecule has 0 bridgehead atoms. The number of Topliss-reactive ketones (excluding diaryl/α,β-unsaturated/α-hetero) is 1. The van der Waals surface area contributed by atoms with E-state index in [1.807, 2.05) is 30.3 Å². The lowest BCUT2D eigenvalue weighted by atomic mass is 10.1. The van der Waals surface area contributed by atoms with Crippen LogP contribution in [0, 0.1) is 0 Å². The van der Waals surface area contributed by atoms with Crippen LogP contribution >= 0.6 is 11.6 Å². The van der Waals surface area contributed by atoms with Gasteiger partial charge in [0.2, 0.25) is 0 Å². The Morgan fingerprint density at radius 2 is 2.06 bits per heavy atom. The predicted octanol–water partition coefficient (Wildman–Crippen LogP) is 2.51. The van der Waals surface area contributed by atoms with Gasteiger partial charge in [0.25, 0.3) is 0 Å². The molecule has 0 aliphatic carbocycles. The summed E-state index contributed by atoms with van der Waals surface area (Å²) in [4.78, 5) is 11.5. The number of aromatic nitrogens is 2. The van der Waals surface area contributed by atoms with Gasteiger partial charge >= 0.3 is 0 Å². The molecule has 1 aromatic heterocycles. The summed E-state index contributed by atoms with van der Waals surface area (Å²) in [5.41, 5.74) is 2.32. The minimum Gasteiger partial charge on any atom is -0.291 e. The third kappa shape index (κ3) is 1.99. The first kappa shape index (κ1) is 10.9. The number of hydrogen-bond donors (Lipinski definition) is 0. The van der Waals surface area contributed by atoms with E-state index >= 15 is 0 Å². The highest BCUT2D eigenvalue weighted by Crippen LogP contribution is 2.18. The first-order chi connectivity index (χ1) is 7.72. The summed E-state index contributed by atoms with van der Waals surface area (Å²) in [6.07, 6.45) is 0. The summed E-state index contributed by atoms with van der Waals surface area (Å²) in [6, 6.07) is 11.5. The minimum atomic E-state index is -0.112. The molecule has 0 unspecified atom stereocenters. The summed E-state index contributed by atoms with van der Waals surface area (Å²) < 4.78 is 1.56. The fourth-order valence-electron chi connectivity index (χ4n) is 1.55. The van der Waals surface area contributed by atoms with E-state index in [1.54, 1.807) is 17.8 Å². The van der Waals surface area contributed by atoms with Gasteiger partial charge in [-0.1, -0.05) is 30.3 Å². The van der Waals surface area contributed by atoms with Crippen molar-refractivity contribution < 1.29 is 4.79 Å². The van der Waals surface area contributed by atoms with Gasteiger partial charge < -0.3 is 0 Å². The Bertz CT molecular complexity index is 505. The van der Waals surface area contributed by atoms with Crippen molar-refractivity contribution in [2.24, 2.45) is 7.05 Å². The molecule has 0 atom stereocenters. The maximum atomic E-state index is 11.5. The van der Waals surface area contributed by atoms with Crippen molar-refractivity contribution in [1.29, 1.82) is 0 Å². The highest BCUT2D eigenvalue weighted by molar-refractivity contribution is 6.30. The number of alkyl halides is 1. The fraction of sp³-hybridized carbons (Fsp3) is 0.167. The van der Waals surface area contributed by atoms with E-state index in [2.05, 4.69) is 5.10 Å². The zero-order valence-corrected chi connectivity index (χ0v) is 9.61. The smallest absolute Gasteiger partial charge is 0.195 e. The summed E-state index contributed by atoms with van der Waals surface area (Å²) in [7, 11) is 1.74. The monoisotopic (exact) mass is 234 g/mol. The van der Waals surface area contributed by atoms with E-state index in [9.17, 15) is 4.79 Å². The molecule has 0 fully saturated rings. The van der Waals surface area contributed by atoms with Crippen molar-refractivity contribution in [2.45, 2.75) is 0 Å². The zero-order valence-electron chi connectivity index (χ0n) is 8.85. The molecule has 1 aromatic carbocycles. The van der Waals surface area contributed by atoms with Crippen LogP contribution in [0.2, 0.25) is 0 Å². The van der Waals surface area contributed by atoms with Crippen molar-refractivity contribution in [2.75, 3.05) is 5.88 Å². The van der Waals surface area contributed by atoms with Crippen LogP contribution in [-0.4, -0.2) is 21.4 Å². The Labute approximate surface area is 98.7 Å². The lowest BCUT2D eigenvalue weighted by molar-refractivity contribution is 0.101. The third-order valence-electron chi connectivity index (χ3n) is 2.36. The van der Waals surface area contributed by atoms with Crippen LogP contribution in [-0.2, 0) is 7.05 Å². The molecule has 0 saturated heterocycles. The summed E-state index contributed by atoms with van der Waals surface area (Å²) in [5.74, 6) is -0.132. The highest BCUT2D eigenvalue weighted by Gasteiger charge is 2.12. The lowest BCUT2D eigenvalue weighted by Crippen LogP contribution is -2.07. The maximum absolute atomic E-state index is 11.5. The topological polar surface area (TPSA) is 34.9 Å². The van der Waals surface area contributed by atoms with Crippen molar-refractivity contribution in [3.05, 3.63) is 42.1 Å². The molecule has 16 heavy (non-hydrogen) atoms. The molecule has 0 spiro atoms. The van der Waals surface area contributed by atoms with Gasteiger partial charge in [-0.05, 0) is 6.07 Å². The largest absolute Gasteiger partial charge is 0.291 e. The molecular formula is C12H11ClN2O. The minimum absolute atomic E-state index is 0.0201. The van der Waals surface area contributed by atoms with Crippen LogP contribution in [0.1, 0.15) is 10.5 Å². The molecule has 0 N–H and O–H groups in total. The zero-order chi connectivity index (χ0) is 11.5. The van der Waals surface area contributed by atoms with Gasteiger partial charge in [0, 0.05) is 12.6 Å². The molecule has 0 aliphatic rings. The normalized spacial score (nSPS) is 10.4. The maximum Gasteiger partial charge on any atom is 0.195 e. The first-order valence-corrected chi connectivity index (χ1v) is 5.44. The Kier molecular flexibility index (Phi) is 3.06. The van der Waals surface area contributed by atoms with Gasteiger partial charge in [-0.25, -0.2) is 0 Å². The highest BCUT2D eigenvalue weighted by atomic mass is 35.5. The van der Waals surface area contributed by atoms with Gasteiger partial charge in [-0.15, -0.1) is 11.6 Å². The predicted molar refractivity (Wildman–Crippen MR) is 63.7 cm³/mol. The number of benzene rings is 1. The standard InChI is InChI=1S/C12H11ClN2O/c1-15-11(12(16)8-13)7-10(14-15)9-5-3-2-4-6-9/h2-7H,8H2,1H3. The fourth-order valence-corrected chi connectivity index (χ4v) is 1.68. The molecule has 0 amide bonds. The first-order valence-electron chi connectivity index (χ1n) is 4.91. The van der Waals surface area contributed by atoms with Gasteiger partial charge in [0.15, 0.2) is 5.78 Å². The van der Waals surface area contributed by atoms with Crippen LogP contribution < -0.4 is 0 Å².